The summed E-state index contributed by atoms with van der Waals surface area (Å²) in [6.07, 6.45) is 1.54. The molecule has 0 aliphatic carbocycles. The SMILES string of the molecule is COc1ccc(S(=O)(=O)N(C)c2nc3ccccc3n3c(-c4ccco4)nnc23)cc1OC. The van der Waals surface area contributed by atoms with Crippen LogP contribution >= 0.6 is 0 Å². The van der Waals surface area contributed by atoms with Crippen molar-refractivity contribution in [2.75, 3.05) is 25.6 Å². The Morgan fingerprint density at radius 1 is 0.970 bits per heavy atom. The summed E-state index contributed by atoms with van der Waals surface area (Å²) in [5.41, 5.74) is 1.55. The molecule has 0 fully saturated rings. The number of benzene rings is 2. The average molecular weight is 465 g/mol. The number of fused-ring (bicyclic) bond motifs is 3. The van der Waals surface area contributed by atoms with Crippen molar-refractivity contribution in [3.63, 3.8) is 0 Å². The summed E-state index contributed by atoms with van der Waals surface area (Å²) in [6.45, 7) is 0. The first-order valence-corrected chi connectivity index (χ1v) is 11.3. The molecule has 33 heavy (non-hydrogen) atoms. The molecule has 3 aromatic heterocycles. The second-order valence-electron chi connectivity index (χ2n) is 7.07. The standard InChI is InChI=1S/C22H19N5O5S/c1-26(33(28,29)14-10-11-17(30-2)19(13-14)31-3)21-22-25-24-20(18-9-6-12-32-18)27(22)16-8-5-4-7-15(16)23-21/h4-13H,1-3H3. The number of hydrogen-bond donors (Lipinski definition) is 0. The molecule has 5 aromatic rings. The number of ether oxygens (including phenoxy) is 2. The molecule has 0 aliphatic heterocycles. The number of hydrogen-bond acceptors (Lipinski definition) is 8. The fourth-order valence-electron chi connectivity index (χ4n) is 3.59. The van der Waals surface area contributed by atoms with Gasteiger partial charge in [0.25, 0.3) is 10.0 Å². The van der Waals surface area contributed by atoms with Crippen LogP contribution in [0.15, 0.2) is 70.2 Å². The van der Waals surface area contributed by atoms with Crippen LogP contribution in [0, 0.1) is 0 Å². The summed E-state index contributed by atoms with van der Waals surface area (Å²) in [7, 11) is 0.323. The monoisotopic (exact) mass is 465 g/mol. The maximum Gasteiger partial charge on any atom is 0.265 e. The van der Waals surface area contributed by atoms with Gasteiger partial charge in [-0.05, 0) is 36.4 Å². The number of anilines is 1. The Morgan fingerprint density at radius 3 is 2.48 bits per heavy atom. The van der Waals surface area contributed by atoms with Crippen LogP contribution in [-0.4, -0.2) is 49.3 Å². The van der Waals surface area contributed by atoms with Gasteiger partial charge in [-0.25, -0.2) is 17.7 Å². The van der Waals surface area contributed by atoms with E-state index in [4.69, 9.17) is 13.9 Å². The van der Waals surface area contributed by atoms with Gasteiger partial charge in [0.1, 0.15) is 0 Å². The van der Waals surface area contributed by atoms with Crippen LogP contribution in [0.25, 0.3) is 28.3 Å². The summed E-state index contributed by atoms with van der Waals surface area (Å²) in [5.74, 6) is 1.77. The Kier molecular flexibility index (Phi) is 4.90. The molecule has 0 atom stereocenters. The third-order valence-electron chi connectivity index (χ3n) is 5.27. The van der Waals surface area contributed by atoms with Gasteiger partial charge in [0.05, 0.1) is 36.4 Å². The van der Waals surface area contributed by atoms with Crippen molar-refractivity contribution in [2.45, 2.75) is 4.90 Å². The smallest absolute Gasteiger partial charge is 0.265 e. The zero-order valence-electron chi connectivity index (χ0n) is 18.0. The summed E-state index contributed by atoms with van der Waals surface area (Å²) in [6, 6.07) is 15.2. The highest BCUT2D eigenvalue weighted by Crippen LogP contribution is 2.33. The summed E-state index contributed by atoms with van der Waals surface area (Å²) in [5, 5.41) is 8.51. The average Bonchev–Trinajstić information content (AvgIpc) is 3.52. The molecule has 168 valence electrons. The number of nitrogens with zero attached hydrogens (tertiary/aromatic N) is 5. The number of para-hydroxylation sites is 2. The molecule has 2 aromatic carbocycles. The molecule has 0 saturated heterocycles. The molecule has 0 bridgehead atoms. The van der Waals surface area contributed by atoms with E-state index in [0.717, 1.165) is 4.31 Å². The minimum absolute atomic E-state index is 0.0153. The van der Waals surface area contributed by atoms with Gasteiger partial charge < -0.3 is 13.9 Å². The van der Waals surface area contributed by atoms with Gasteiger partial charge in [-0.15, -0.1) is 10.2 Å². The minimum atomic E-state index is -4.02. The Balaban J connectivity index is 1.73. The van der Waals surface area contributed by atoms with E-state index in [0.29, 0.717) is 34.1 Å². The molecule has 11 heteroatoms. The van der Waals surface area contributed by atoms with E-state index in [2.05, 4.69) is 15.2 Å². The van der Waals surface area contributed by atoms with Crippen LogP contribution < -0.4 is 13.8 Å². The second kappa shape index (κ2) is 7.78. The topological polar surface area (TPSA) is 112 Å². The molecule has 3 heterocycles. The molecule has 0 N–H and O–H groups in total. The number of aromatic nitrogens is 4. The van der Waals surface area contributed by atoms with E-state index in [1.807, 2.05) is 18.2 Å². The van der Waals surface area contributed by atoms with E-state index in [-0.39, 0.29) is 16.4 Å². The molecule has 10 nitrogen and oxygen atoms in total. The number of furan rings is 1. The van der Waals surface area contributed by atoms with Crippen molar-refractivity contribution >= 4 is 32.5 Å². The van der Waals surface area contributed by atoms with E-state index < -0.39 is 10.0 Å². The molecular weight excluding hydrogens is 446 g/mol. The lowest BCUT2D eigenvalue weighted by Crippen LogP contribution is -2.28. The molecule has 0 unspecified atom stereocenters. The molecular formula is C22H19N5O5S. The van der Waals surface area contributed by atoms with Gasteiger partial charge in [-0.2, -0.15) is 0 Å². The highest BCUT2D eigenvalue weighted by Gasteiger charge is 2.28. The van der Waals surface area contributed by atoms with Crippen LogP contribution in [0.2, 0.25) is 0 Å². The van der Waals surface area contributed by atoms with Gasteiger partial charge in [0, 0.05) is 13.1 Å². The highest BCUT2D eigenvalue weighted by atomic mass is 32.2. The van der Waals surface area contributed by atoms with E-state index in [1.165, 1.54) is 45.7 Å². The van der Waals surface area contributed by atoms with Crippen molar-refractivity contribution in [1.29, 1.82) is 0 Å². The van der Waals surface area contributed by atoms with Crippen molar-refractivity contribution < 1.29 is 22.3 Å². The van der Waals surface area contributed by atoms with Crippen LogP contribution in [-0.2, 0) is 10.0 Å². The zero-order valence-corrected chi connectivity index (χ0v) is 18.8. The van der Waals surface area contributed by atoms with Gasteiger partial charge in [0.2, 0.25) is 11.5 Å². The predicted molar refractivity (Wildman–Crippen MR) is 121 cm³/mol. The third-order valence-corrected chi connectivity index (χ3v) is 7.01. The van der Waals surface area contributed by atoms with Gasteiger partial charge in [-0.3, -0.25) is 4.40 Å². The lowest BCUT2D eigenvalue weighted by Gasteiger charge is -2.20. The van der Waals surface area contributed by atoms with Crippen molar-refractivity contribution in [3.8, 4) is 23.1 Å². The summed E-state index contributed by atoms with van der Waals surface area (Å²) >= 11 is 0. The van der Waals surface area contributed by atoms with E-state index >= 15 is 0 Å². The number of rotatable bonds is 6. The van der Waals surface area contributed by atoms with Crippen molar-refractivity contribution in [3.05, 3.63) is 60.9 Å². The molecule has 5 rings (SSSR count). The summed E-state index contributed by atoms with van der Waals surface area (Å²) in [4.78, 5) is 4.62. The van der Waals surface area contributed by atoms with Crippen molar-refractivity contribution in [1.82, 2.24) is 19.6 Å². The van der Waals surface area contributed by atoms with Gasteiger partial charge >= 0.3 is 0 Å². The molecule has 0 radical (unpaired) electrons. The first-order chi connectivity index (χ1) is 16.0. The van der Waals surface area contributed by atoms with E-state index in [1.54, 1.807) is 22.6 Å². The molecule has 0 spiro atoms. The first-order valence-electron chi connectivity index (χ1n) is 9.84. The highest BCUT2D eigenvalue weighted by molar-refractivity contribution is 7.92. The first kappa shape index (κ1) is 20.8. The molecule has 0 saturated carbocycles. The fraction of sp³-hybridized carbons (Fsp3) is 0.136. The normalized spacial score (nSPS) is 11.7. The molecule has 0 aliphatic rings. The Hall–Kier alpha value is -4.12. The fourth-order valence-corrected chi connectivity index (χ4v) is 4.76. The van der Waals surface area contributed by atoms with Crippen molar-refractivity contribution in [2.24, 2.45) is 0 Å². The van der Waals surface area contributed by atoms with Gasteiger partial charge in [-0.1, -0.05) is 12.1 Å². The Labute approximate surface area is 189 Å². The van der Waals surface area contributed by atoms with Gasteiger partial charge in [0.15, 0.2) is 23.1 Å². The molecule has 0 amide bonds. The maximum absolute atomic E-state index is 13.5. The van der Waals surface area contributed by atoms with E-state index in [9.17, 15) is 8.42 Å². The quantitative estimate of drug-likeness (QED) is 0.375. The Bertz CT molecular complexity index is 1580. The summed E-state index contributed by atoms with van der Waals surface area (Å²) < 4.78 is 45.9. The maximum atomic E-state index is 13.5. The lowest BCUT2D eigenvalue weighted by atomic mass is 10.3. The third kappa shape index (κ3) is 3.24. The minimum Gasteiger partial charge on any atom is -0.493 e. The lowest BCUT2D eigenvalue weighted by molar-refractivity contribution is 0.354. The zero-order chi connectivity index (χ0) is 23.2. The second-order valence-corrected chi connectivity index (χ2v) is 9.04. The largest absolute Gasteiger partial charge is 0.493 e. The van der Waals surface area contributed by atoms with Crippen LogP contribution in [0.1, 0.15) is 0 Å². The number of methoxy groups -OCH3 is 2. The van der Waals surface area contributed by atoms with Crippen LogP contribution in [0.4, 0.5) is 5.82 Å². The van der Waals surface area contributed by atoms with Crippen LogP contribution in [0.5, 0.6) is 11.5 Å². The predicted octanol–water partition coefficient (Wildman–Crippen LogP) is 3.38. The number of sulfonamides is 1. The van der Waals surface area contributed by atoms with Crippen LogP contribution in [0.3, 0.4) is 0 Å². The Morgan fingerprint density at radius 2 is 1.76 bits per heavy atom.